The summed E-state index contributed by atoms with van der Waals surface area (Å²) in [5.41, 5.74) is 3.95. The van der Waals surface area contributed by atoms with Gasteiger partial charge in [0, 0.05) is 0 Å². The van der Waals surface area contributed by atoms with Crippen LogP contribution in [0.15, 0.2) is 49.0 Å². The van der Waals surface area contributed by atoms with Gasteiger partial charge in [-0.25, -0.2) is 0 Å². The Balaban J connectivity index is 1.95. The fourth-order valence-electron chi connectivity index (χ4n) is 1.96. The molecule has 0 bridgehead atoms. The summed E-state index contributed by atoms with van der Waals surface area (Å²) in [6.45, 7) is 3.63. The van der Waals surface area contributed by atoms with E-state index in [-0.39, 0.29) is 18.2 Å². The highest BCUT2D eigenvalue weighted by Gasteiger charge is 2.33. The second-order valence-electron chi connectivity index (χ2n) is 5.04. The molecule has 0 aliphatic carbocycles. The maximum atomic E-state index is 12.8. The normalized spacial score (nSPS) is 11.4. The zero-order valence-electron chi connectivity index (χ0n) is 12.5. The molecule has 0 heterocycles. The lowest BCUT2D eigenvalue weighted by Gasteiger charge is -2.13. The van der Waals surface area contributed by atoms with Crippen LogP contribution in [0.1, 0.15) is 22.3 Å². The lowest BCUT2D eigenvalue weighted by Crippen LogP contribution is -2.13. The van der Waals surface area contributed by atoms with Crippen LogP contribution in [0.2, 0.25) is 5.02 Å². The Labute approximate surface area is 142 Å². The van der Waals surface area contributed by atoms with Gasteiger partial charge in [-0.15, -0.1) is 0 Å². The van der Waals surface area contributed by atoms with Crippen molar-refractivity contribution in [2.75, 3.05) is 0 Å². The molecule has 0 atom stereocenters. The van der Waals surface area contributed by atoms with Crippen molar-refractivity contribution in [2.24, 2.45) is 0 Å². The third-order valence-corrected chi connectivity index (χ3v) is 3.58. The average Bonchev–Trinajstić information content (AvgIpc) is 2.55. The molecule has 0 fully saturated rings. The summed E-state index contributed by atoms with van der Waals surface area (Å²) in [5.74, 6) is 0. The molecule has 2 aromatic rings. The minimum atomic E-state index is -4.52. The van der Waals surface area contributed by atoms with E-state index in [9.17, 15) is 13.2 Å². The lowest BCUT2D eigenvalue weighted by molar-refractivity contribution is -0.137. The Kier molecular flexibility index (Phi) is 5.88. The van der Waals surface area contributed by atoms with Crippen molar-refractivity contribution in [3.8, 4) is 0 Å². The Bertz CT molecular complexity index is 715. The van der Waals surface area contributed by atoms with Crippen molar-refractivity contribution in [2.45, 2.75) is 19.4 Å². The number of benzene rings is 2. The van der Waals surface area contributed by atoms with Crippen molar-refractivity contribution in [1.82, 2.24) is 5.48 Å². The van der Waals surface area contributed by atoms with E-state index < -0.39 is 11.7 Å². The number of aliphatic hydroxyl groups is 1. The molecule has 0 unspecified atom stereocenters. The molecule has 24 heavy (non-hydrogen) atoms. The van der Waals surface area contributed by atoms with Gasteiger partial charge in [0.15, 0.2) is 0 Å². The van der Waals surface area contributed by atoms with E-state index in [1.807, 2.05) is 0 Å². The van der Waals surface area contributed by atoms with Crippen LogP contribution in [0.3, 0.4) is 0 Å². The Morgan fingerprint density at radius 3 is 2.33 bits per heavy atom. The van der Waals surface area contributed by atoms with Gasteiger partial charge in [-0.1, -0.05) is 48.5 Å². The van der Waals surface area contributed by atoms with Gasteiger partial charge in [0.25, 0.3) is 0 Å². The van der Waals surface area contributed by atoms with Crippen LogP contribution in [-0.2, 0) is 24.2 Å². The number of alkyl halides is 3. The predicted molar refractivity (Wildman–Crippen MR) is 85.8 cm³/mol. The SMILES string of the molecule is C=C(NOCc1ccc(Cl)c(C(F)(F)F)c1)c1ccc(CO)cc1. The number of hydroxylamine groups is 1. The molecule has 7 heteroatoms. The molecule has 128 valence electrons. The number of nitrogens with one attached hydrogen (secondary N) is 1. The summed E-state index contributed by atoms with van der Waals surface area (Å²) in [7, 11) is 0. The summed E-state index contributed by atoms with van der Waals surface area (Å²) in [5, 5.41) is 8.63. The Hall–Kier alpha value is -2.02. The monoisotopic (exact) mass is 357 g/mol. The summed E-state index contributed by atoms with van der Waals surface area (Å²) in [4.78, 5) is 5.19. The molecule has 2 aromatic carbocycles. The number of rotatable bonds is 6. The highest BCUT2D eigenvalue weighted by molar-refractivity contribution is 6.31. The van der Waals surface area contributed by atoms with Crippen LogP contribution in [0, 0.1) is 0 Å². The first kappa shape index (κ1) is 18.3. The summed E-state index contributed by atoms with van der Waals surface area (Å²) >= 11 is 5.56. The quantitative estimate of drug-likeness (QED) is 0.746. The molecular weight excluding hydrogens is 343 g/mol. The molecule has 0 radical (unpaired) electrons. The Morgan fingerprint density at radius 1 is 1.12 bits per heavy atom. The van der Waals surface area contributed by atoms with Crippen molar-refractivity contribution < 1.29 is 23.1 Å². The van der Waals surface area contributed by atoms with Gasteiger partial charge in [0.1, 0.15) is 0 Å². The molecule has 0 amide bonds. The standard InChI is InChI=1S/C17H15ClF3NO2/c1-11(14-5-2-12(9-23)3-6-14)22-24-10-13-4-7-16(18)15(8-13)17(19,20)21/h2-8,22-23H,1,9-10H2. The fraction of sp³-hybridized carbons (Fsp3) is 0.176. The zero-order chi connectivity index (χ0) is 17.7. The predicted octanol–water partition coefficient (Wildman–Crippen LogP) is 4.54. The average molecular weight is 358 g/mol. The van der Waals surface area contributed by atoms with Gasteiger partial charge >= 0.3 is 6.18 Å². The first-order chi connectivity index (χ1) is 11.3. The van der Waals surface area contributed by atoms with Crippen LogP contribution in [-0.4, -0.2) is 5.11 Å². The number of hydrogen-bond donors (Lipinski definition) is 2. The minimum absolute atomic E-state index is 0.0607. The van der Waals surface area contributed by atoms with Crippen LogP contribution in [0.5, 0.6) is 0 Å². The lowest BCUT2D eigenvalue weighted by atomic mass is 10.1. The van der Waals surface area contributed by atoms with Gasteiger partial charge in [-0.2, -0.15) is 13.2 Å². The number of hydrogen-bond acceptors (Lipinski definition) is 3. The van der Waals surface area contributed by atoms with Crippen LogP contribution < -0.4 is 5.48 Å². The van der Waals surface area contributed by atoms with Crippen molar-refractivity contribution in [3.63, 3.8) is 0 Å². The summed E-state index contributed by atoms with van der Waals surface area (Å²) < 4.78 is 38.4. The molecule has 0 saturated heterocycles. The fourth-order valence-corrected chi connectivity index (χ4v) is 2.18. The molecule has 0 aromatic heterocycles. The van der Waals surface area contributed by atoms with E-state index in [1.165, 1.54) is 12.1 Å². The number of aliphatic hydroxyl groups excluding tert-OH is 1. The molecule has 0 aliphatic heterocycles. The van der Waals surface area contributed by atoms with E-state index >= 15 is 0 Å². The molecule has 2 rings (SSSR count). The highest BCUT2D eigenvalue weighted by atomic mass is 35.5. The molecular formula is C17H15ClF3NO2. The van der Waals surface area contributed by atoms with Gasteiger partial charge < -0.3 is 5.11 Å². The van der Waals surface area contributed by atoms with Crippen molar-refractivity contribution in [1.29, 1.82) is 0 Å². The topological polar surface area (TPSA) is 41.5 Å². The molecule has 0 saturated carbocycles. The smallest absolute Gasteiger partial charge is 0.392 e. The minimum Gasteiger partial charge on any atom is -0.392 e. The third kappa shape index (κ3) is 4.74. The van der Waals surface area contributed by atoms with Crippen LogP contribution in [0.25, 0.3) is 5.70 Å². The molecule has 3 nitrogen and oxygen atoms in total. The van der Waals surface area contributed by atoms with Crippen LogP contribution >= 0.6 is 11.6 Å². The summed E-state index contributed by atoms with van der Waals surface area (Å²) in [6.07, 6.45) is -4.52. The number of halogens is 4. The van der Waals surface area contributed by atoms with Gasteiger partial charge in [0.2, 0.25) is 0 Å². The van der Waals surface area contributed by atoms with Crippen molar-refractivity contribution in [3.05, 3.63) is 76.3 Å². The van der Waals surface area contributed by atoms with E-state index in [0.717, 1.165) is 17.2 Å². The van der Waals surface area contributed by atoms with E-state index in [1.54, 1.807) is 24.3 Å². The van der Waals surface area contributed by atoms with Gasteiger partial charge in [0.05, 0.1) is 29.5 Å². The zero-order valence-corrected chi connectivity index (χ0v) is 13.3. The maximum absolute atomic E-state index is 12.8. The third-order valence-electron chi connectivity index (χ3n) is 3.26. The first-order valence-electron chi connectivity index (χ1n) is 6.94. The van der Waals surface area contributed by atoms with E-state index in [2.05, 4.69) is 12.1 Å². The molecule has 2 N–H and O–H groups in total. The van der Waals surface area contributed by atoms with Gasteiger partial charge in [-0.3, -0.25) is 10.3 Å². The van der Waals surface area contributed by atoms with E-state index in [4.69, 9.17) is 21.5 Å². The highest BCUT2D eigenvalue weighted by Crippen LogP contribution is 2.35. The van der Waals surface area contributed by atoms with E-state index in [0.29, 0.717) is 11.3 Å². The van der Waals surface area contributed by atoms with Gasteiger partial charge in [-0.05, 0) is 28.8 Å². The molecule has 0 aliphatic rings. The van der Waals surface area contributed by atoms with Crippen molar-refractivity contribution >= 4 is 17.3 Å². The maximum Gasteiger partial charge on any atom is 0.417 e. The largest absolute Gasteiger partial charge is 0.417 e. The first-order valence-corrected chi connectivity index (χ1v) is 7.31. The summed E-state index contributed by atoms with van der Waals surface area (Å²) in [6, 6.07) is 10.5. The second kappa shape index (κ2) is 7.70. The van der Waals surface area contributed by atoms with Crippen LogP contribution in [0.4, 0.5) is 13.2 Å². The Morgan fingerprint density at radius 2 is 1.75 bits per heavy atom. The molecule has 0 spiro atoms. The second-order valence-corrected chi connectivity index (χ2v) is 5.44.